The van der Waals surface area contributed by atoms with Crippen molar-refractivity contribution in [3.8, 4) is 5.75 Å². The predicted molar refractivity (Wildman–Crippen MR) is 141 cm³/mol. The first-order valence-electron chi connectivity index (χ1n) is 12.0. The van der Waals surface area contributed by atoms with Crippen LogP contribution in [0.3, 0.4) is 0 Å². The topological polar surface area (TPSA) is 58.6 Å². The highest BCUT2D eigenvalue weighted by Gasteiger charge is 2.30. The summed E-state index contributed by atoms with van der Waals surface area (Å²) < 4.78 is 5.82. The first kappa shape index (κ1) is 26.3. The minimum absolute atomic E-state index is 0.169. The molecule has 0 saturated heterocycles. The number of amides is 2. The Morgan fingerprint density at radius 1 is 0.971 bits per heavy atom. The van der Waals surface area contributed by atoms with Crippen molar-refractivity contribution in [3.63, 3.8) is 0 Å². The Labute approximate surface area is 213 Å². The molecule has 5 nitrogen and oxygen atoms in total. The Kier molecular flexibility index (Phi) is 10.2. The summed E-state index contributed by atoms with van der Waals surface area (Å²) in [7, 11) is 0. The Bertz CT molecular complexity index is 1100. The van der Waals surface area contributed by atoms with E-state index in [0.29, 0.717) is 23.7 Å². The van der Waals surface area contributed by atoms with Crippen molar-refractivity contribution in [1.82, 2.24) is 10.2 Å². The molecule has 0 radical (unpaired) electrons. The molecule has 0 unspecified atom stereocenters. The zero-order valence-electron chi connectivity index (χ0n) is 20.4. The summed E-state index contributed by atoms with van der Waals surface area (Å²) in [6, 6.07) is 24.0. The van der Waals surface area contributed by atoms with Gasteiger partial charge in [0, 0.05) is 24.5 Å². The van der Waals surface area contributed by atoms with Gasteiger partial charge in [0.05, 0.1) is 0 Å². The predicted octanol–water partition coefficient (Wildman–Crippen LogP) is 5.58. The molecule has 0 aromatic heterocycles. The van der Waals surface area contributed by atoms with Crippen LogP contribution >= 0.6 is 11.6 Å². The van der Waals surface area contributed by atoms with Crippen LogP contribution in [0.15, 0.2) is 78.9 Å². The highest BCUT2D eigenvalue weighted by molar-refractivity contribution is 6.30. The number of rotatable bonds is 12. The molecule has 35 heavy (non-hydrogen) atoms. The molecule has 3 aromatic rings. The monoisotopic (exact) mass is 492 g/mol. The largest absolute Gasteiger partial charge is 0.484 e. The van der Waals surface area contributed by atoms with Gasteiger partial charge in [-0.3, -0.25) is 9.59 Å². The molecule has 0 aliphatic carbocycles. The third-order valence-corrected chi connectivity index (χ3v) is 5.93. The first-order chi connectivity index (χ1) is 17.0. The molecule has 0 aliphatic rings. The Balaban J connectivity index is 1.88. The van der Waals surface area contributed by atoms with Crippen LogP contribution in [0.2, 0.25) is 5.02 Å². The minimum Gasteiger partial charge on any atom is -0.484 e. The number of hydrogen-bond acceptors (Lipinski definition) is 3. The van der Waals surface area contributed by atoms with Gasteiger partial charge in [0.1, 0.15) is 11.8 Å². The summed E-state index contributed by atoms with van der Waals surface area (Å²) in [5, 5.41) is 3.60. The van der Waals surface area contributed by atoms with Gasteiger partial charge in [-0.15, -0.1) is 0 Å². The summed E-state index contributed by atoms with van der Waals surface area (Å²) >= 11 is 6.21. The van der Waals surface area contributed by atoms with Gasteiger partial charge in [-0.2, -0.15) is 0 Å². The lowest BCUT2D eigenvalue weighted by Gasteiger charge is -2.31. The van der Waals surface area contributed by atoms with Crippen LogP contribution in [0.5, 0.6) is 5.75 Å². The molecular weight excluding hydrogens is 460 g/mol. The van der Waals surface area contributed by atoms with E-state index in [9.17, 15) is 9.59 Å². The molecule has 2 amide bonds. The molecular formula is C29H33ClN2O3. The van der Waals surface area contributed by atoms with Gasteiger partial charge in [0.15, 0.2) is 6.61 Å². The van der Waals surface area contributed by atoms with Crippen molar-refractivity contribution in [1.29, 1.82) is 0 Å². The molecule has 0 aliphatic heterocycles. The normalized spacial score (nSPS) is 11.5. The van der Waals surface area contributed by atoms with Crippen LogP contribution in [-0.4, -0.2) is 35.9 Å². The molecule has 0 saturated carbocycles. The maximum absolute atomic E-state index is 13.5. The smallest absolute Gasteiger partial charge is 0.261 e. The van der Waals surface area contributed by atoms with Gasteiger partial charge < -0.3 is 15.0 Å². The van der Waals surface area contributed by atoms with E-state index in [-0.39, 0.29) is 25.0 Å². The highest BCUT2D eigenvalue weighted by Crippen LogP contribution is 2.19. The average Bonchev–Trinajstić information content (AvgIpc) is 2.85. The van der Waals surface area contributed by atoms with Crippen molar-refractivity contribution in [3.05, 3.63) is 101 Å². The molecule has 3 rings (SSSR count). The number of halogens is 1. The maximum Gasteiger partial charge on any atom is 0.261 e. The third kappa shape index (κ3) is 8.45. The van der Waals surface area contributed by atoms with Crippen molar-refractivity contribution >= 4 is 23.4 Å². The Hall–Kier alpha value is -3.31. The second-order valence-corrected chi connectivity index (χ2v) is 9.04. The van der Waals surface area contributed by atoms with Crippen molar-refractivity contribution in [2.75, 3.05) is 13.2 Å². The van der Waals surface area contributed by atoms with Crippen LogP contribution in [0.25, 0.3) is 0 Å². The third-order valence-electron chi connectivity index (χ3n) is 5.69. The van der Waals surface area contributed by atoms with Crippen molar-refractivity contribution in [2.24, 2.45) is 0 Å². The number of benzene rings is 3. The minimum atomic E-state index is -0.693. The lowest BCUT2D eigenvalue weighted by atomic mass is 10.0. The molecule has 1 N–H and O–H groups in total. The molecule has 6 heteroatoms. The van der Waals surface area contributed by atoms with Crippen LogP contribution in [0.1, 0.15) is 36.5 Å². The van der Waals surface area contributed by atoms with Gasteiger partial charge >= 0.3 is 0 Å². The lowest BCUT2D eigenvalue weighted by molar-refractivity contribution is -0.142. The van der Waals surface area contributed by atoms with Gasteiger partial charge in [0.25, 0.3) is 5.91 Å². The van der Waals surface area contributed by atoms with Crippen molar-refractivity contribution < 1.29 is 14.3 Å². The number of ether oxygens (including phenoxy) is 1. The van der Waals surface area contributed by atoms with Crippen LogP contribution in [-0.2, 0) is 22.6 Å². The van der Waals surface area contributed by atoms with E-state index >= 15 is 0 Å². The molecule has 0 heterocycles. The standard InChI is InChI=1S/C29H33ClN2O3/c1-3-4-16-31-29(34)27(19-23-11-6-5-7-12-23)32(20-24-13-9-14-25(30)18-24)28(33)21-35-26-15-8-10-22(2)17-26/h5-15,17-18,27H,3-4,16,19-21H2,1-2H3,(H,31,34)/t27-/m1/s1. The van der Waals surface area contributed by atoms with E-state index in [2.05, 4.69) is 12.2 Å². The summed E-state index contributed by atoms with van der Waals surface area (Å²) in [5.74, 6) is 0.180. The van der Waals surface area contributed by atoms with Gasteiger partial charge in [-0.05, 0) is 54.3 Å². The average molecular weight is 493 g/mol. The first-order valence-corrected chi connectivity index (χ1v) is 12.4. The summed E-state index contributed by atoms with van der Waals surface area (Å²) in [6.45, 7) is 4.69. The number of aryl methyl sites for hydroxylation is 1. The number of nitrogens with zero attached hydrogens (tertiary/aromatic N) is 1. The number of hydrogen-bond donors (Lipinski definition) is 1. The van der Waals surface area contributed by atoms with Gasteiger partial charge in [-0.1, -0.05) is 79.5 Å². The fraction of sp³-hybridized carbons (Fsp3) is 0.310. The molecule has 0 spiro atoms. The quantitative estimate of drug-likeness (QED) is 0.335. The molecule has 184 valence electrons. The van der Waals surface area contributed by atoms with E-state index in [4.69, 9.17) is 16.3 Å². The van der Waals surface area contributed by atoms with Crippen molar-refractivity contribution in [2.45, 2.75) is 45.7 Å². The Morgan fingerprint density at radius 3 is 2.43 bits per heavy atom. The number of carbonyl (C=O) groups is 2. The molecule has 1 atom stereocenters. The van der Waals surface area contributed by atoms with E-state index in [1.54, 1.807) is 11.0 Å². The summed E-state index contributed by atoms with van der Waals surface area (Å²) in [6.07, 6.45) is 2.25. The van der Waals surface area contributed by atoms with E-state index in [1.165, 1.54) is 0 Å². The second-order valence-electron chi connectivity index (χ2n) is 8.61. The van der Waals surface area contributed by atoms with Gasteiger partial charge in [-0.25, -0.2) is 0 Å². The summed E-state index contributed by atoms with van der Waals surface area (Å²) in [4.78, 5) is 28.5. The van der Waals surface area contributed by atoms with E-state index in [1.807, 2.05) is 79.7 Å². The fourth-order valence-electron chi connectivity index (χ4n) is 3.83. The lowest BCUT2D eigenvalue weighted by Crippen LogP contribution is -2.51. The van der Waals surface area contributed by atoms with Gasteiger partial charge in [0.2, 0.25) is 5.91 Å². The molecule has 0 fully saturated rings. The van der Waals surface area contributed by atoms with Crippen LogP contribution < -0.4 is 10.1 Å². The number of nitrogens with one attached hydrogen (secondary N) is 1. The molecule has 0 bridgehead atoms. The SMILES string of the molecule is CCCCNC(=O)[C@@H](Cc1ccccc1)N(Cc1cccc(Cl)c1)C(=O)COc1cccc(C)c1. The number of unbranched alkanes of at least 4 members (excludes halogenated alkanes) is 1. The zero-order valence-corrected chi connectivity index (χ0v) is 21.1. The highest BCUT2D eigenvalue weighted by atomic mass is 35.5. The Morgan fingerprint density at radius 2 is 1.71 bits per heavy atom. The maximum atomic E-state index is 13.5. The van der Waals surface area contributed by atoms with Crippen LogP contribution in [0.4, 0.5) is 0 Å². The van der Waals surface area contributed by atoms with Crippen LogP contribution in [0, 0.1) is 6.92 Å². The fourth-order valence-corrected chi connectivity index (χ4v) is 4.04. The van der Waals surface area contributed by atoms with E-state index in [0.717, 1.165) is 29.5 Å². The van der Waals surface area contributed by atoms with E-state index < -0.39 is 6.04 Å². The molecule has 3 aromatic carbocycles. The summed E-state index contributed by atoms with van der Waals surface area (Å²) in [5.41, 5.74) is 2.87. The number of carbonyl (C=O) groups excluding carboxylic acids is 2. The second kappa shape index (κ2) is 13.5. The zero-order chi connectivity index (χ0) is 25.0.